The van der Waals surface area contributed by atoms with Gasteiger partial charge in [-0.15, -0.1) is 0 Å². The highest BCUT2D eigenvalue weighted by molar-refractivity contribution is 7.99. The van der Waals surface area contributed by atoms with Gasteiger partial charge in [-0.3, -0.25) is 10.1 Å². The Morgan fingerprint density at radius 3 is 2.50 bits per heavy atom. The van der Waals surface area contributed by atoms with Gasteiger partial charge < -0.3 is 0 Å². The van der Waals surface area contributed by atoms with E-state index in [4.69, 9.17) is 0 Å². The molecule has 92 valence electrons. The van der Waals surface area contributed by atoms with Crippen LogP contribution in [0.25, 0.3) is 0 Å². The molecule has 0 fully saturated rings. The highest BCUT2D eigenvalue weighted by Gasteiger charge is 2.19. The van der Waals surface area contributed by atoms with Gasteiger partial charge in [-0.2, -0.15) is 0 Å². The van der Waals surface area contributed by atoms with Gasteiger partial charge >= 0.3 is 0 Å². The summed E-state index contributed by atoms with van der Waals surface area (Å²) in [7, 11) is 0. The Morgan fingerprint density at radius 2 is 1.89 bits per heavy atom. The molecule has 1 aromatic carbocycles. The summed E-state index contributed by atoms with van der Waals surface area (Å²) in [4.78, 5) is 14.7. The van der Waals surface area contributed by atoms with Crippen molar-refractivity contribution in [1.82, 2.24) is 4.98 Å². The Balaban J connectivity index is 2.18. The number of nitro groups is 1. The molecule has 1 atom stereocenters. The third-order valence-electron chi connectivity index (χ3n) is 2.39. The van der Waals surface area contributed by atoms with Crippen LogP contribution >= 0.6 is 11.8 Å². The molecule has 2 rings (SSSR count). The standard InChI is InChI=1S/C13H12N2O2S/c16-15(17)10-12(11-6-2-1-3-7-11)18-13-8-4-5-9-14-13/h1-9,12H,10H2. The molecule has 0 amide bonds. The van der Waals surface area contributed by atoms with Crippen molar-refractivity contribution in [2.45, 2.75) is 10.3 Å². The van der Waals surface area contributed by atoms with Crippen LogP contribution in [0, 0.1) is 10.1 Å². The average Bonchev–Trinajstić information content (AvgIpc) is 2.40. The fourth-order valence-electron chi connectivity index (χ4n) is 1.58. The van der Waals surface area contributed by atoms with Crippen LogP contribution in [-0.2, 0) is 0 Å². The molecule has 0 aliphatic carbocycles. The molecule has 0 saturated carbocycles. The predicted molar refractivity (Wildman–Crippen MR) is 71.1 cm³/mol. The normalized spacial score (nSPS) is 12.0. The van der Waals surface area contributed by atoms with Crippen molar-refractivity contribution < 1.29 is 4.92 Å². The van der Waals surface area contributed by atoms with E-state index in [1.165, 1.54) is 11.8 Å². The molecule has 0 saturated heterocycles. The molecule has 0 spiro atoms. The third kappa shape index (κ3) is 3.56. The molecular formula is C13H12N2O2S. The zero-order valence-corrected chi connectivity index (χ0v) is 10.4. The number of hydrogen-bond acceptors (Lipinski definition) is 4. The number of pyridine rings is 1. The van der Waals surface area contributed by atoms with Gasteiger partial charge in [0.15, 0.2) is 0 Å². The Morgan fingerprint density at radius 1 is 1.17 bits per heavy atom. The number of nitrogens with zero attached hydrogens (tertiary/aromatic N) is 2. The maximum absolute atomic E-state index is 10.7. The summed E-state index contributed by atoms with van der Waals surface area (Å²) in [6, 6.07) is 15.1. The number of rotatable bonds is 5. The van der Waals surface area contributed by atoms with Crippen molar-refractivity contribution in [1.29, 1.82) is 0 Å². The van der Waals surface area contributed by atoms with E-state index in [2.05, 4.69) is 4.98 Å². The van der Waals surface area contributed by atoms with Gasteiger partial charge in [0.2, 0.25) is 6.54 Å². The largest absolute Gasteiger partial charge is 0.264 e. The predicted octanol–water partition coefficient (Wildman–Crippen LogP) is 3.19. The zero-order chi connectivity index (χ0) is 12.8. The molecule has 1 heterocycles. The van der Waals surface area contributed by atoms with Gasteiger partial charge in [0.05, 0.1) is 5.03 Å². The van der Waals surface area contributed by atoms with E-state index in [0.717, 1.165) is 10.6 Å². The Kier molecular flexibility index (Phi) is 4.30. The summed E-state index contributed by atoms with van der Waals surface area (Å²) in [5, 5.41) is 11.3. The second kappa shape index (κ2) is 6.16. The van der Waals surface area contributed by atoms with Crippen molar-refractivity contribution in [3.8, 4) is 0 Å². The lowest BCUT2D eigenvalue weighted by molar-refractivity contribution is -0.479. The first-order valence-electron chi connectivity index (χ1n) is 5.50. The van der Waals surface area contributed by atoms with Crippen LogP contribution in [0.4, 0.5) is 0 Å². The summed E-state index contributed by atoms with van der Waals surface area (Å²) in [6.07, 6.45) is 1.69. The lowest BCUT2D eigenvalue weighted by atomic mass is 10.1. The van der Waals surface area contributed by atoms with E-state index in [-0.39, 0.29) is 16.7 Å². The van der Waals surface area contributed by atoms with Crippen LogP contribution < -0.4 is 0 Å². The number of thioether (sulfide) groups is 1. The van der Waals surface area contributed by atoms with Crippen LogP contribution in [0.1, 0.15) is 10.8 Å². The molecular weight excluding hydrogens is 248 g/mol. The highest BCUT2D eigenvalue weighted by Crippen LogP contribution is 2.33. The SMILES string of the molecule is O=[N+]([O-])CC(Sc1ccccn1)c1ccccc1. The minimum absolute atomic E-state index is 0.106. The van der Waals surface area contributed by atoms with Gasteiger partial charge in [0.1, 0.15) is 5.25 Å². The van der Waals surface area contributed by atoms with E-state index < -0.39 is 0 Å². The Bertz CT molecular complexity index is 505. The third-order valence-corrected chi connectivity index (χ3v) is 3.58. The molecule has 1 aromatic heterocycles. The van der Waals surface area contributed by atoms with Crippen molar-refractivity contribution in [2.75, 3.05) is 6.54 Å². The van der Waals surface area contributed by atoms with Crippen LogP contribution in [0.5, 0.6) is 0 Å². The molecule has 0 aliphatic heterocycles. The van der Waals surface area contributed by atoms with E-state index in [0.29, 0.717) is 0 Å². The first-order chi connectivity index (χ1) is 8.75. The number of aromatic nitrogens is 1. The first-order valence-corrected chi connectivity index (χ1v) is 6.38. The van der Waals surface area contributed by atoms with Crippen molar-refractivity contribution in [3.05, 3.63) is 70.4 Å². The topological polar surface area (TPSA) is 56.0 Å². The minimum atomic E-state index is -0.284. The molecule has 1 unspecified atom stereocenters. The van der Waals surface area contributed by atoms with E-state index in [9.17, 15) is 10.1 Å². The van der Waals surface area contributed by atoms with Crippen molar-refractivity contribution >= 4 is 11.8 Å². The second-order valence-electron chi connectivity index (χ2n) is 3.70. The van der Waals surface area contributed by atoms with Gasteiger partial charge in [-0.05, 0) is 17.7 Å². The first kappa shape index (κ1) is 12.6. The van der Waals surface area contributed by atoms with Gasteiger partial charge in [-0.25, -0.2) is 4.98 Å². The lowest BCUT2D eigenvalue weighted by Gasteiger charge is -2.12. The summed E-state index contributed by atoms with van der Waals surface area (Å²) in [6.45, 7) is -0.106. The maximum Gasteiger partial charge on any atom is 0.220 e. The summed E-state index contributed by atoms with van der Waals surface area (Å²) >= 11 is 1.42. The van der Waals surface area contributed by atoms with Crippen LogP contribution in [0.2, 0.25) is 0 Å². The van der Waals surface area contributed by atoms with E-state index in [1.807, 2.05) is 48.5 Å². The monoisotopic (exact) mass is 260 g/mol. The van der Waals surface area contributed by atoms with Crippen LogP contribution in [-0.4, -0.2) is 16.5 Å². The van der Waals surface area contributed by atoms with Gasteiger partial charge in [0, 0.05) is 11.1 Å². The minimum Gasteiger partial charge on any atom is -0.264 e. The van der Waals surface area contributed by atoms with E-state index in [1.54, 1.807) is 6.20 Å². The van der Waals surface area contributed by atoms with E-state index >= 15 is 0 Å². The van der Waals surface area contributed by atoms with Gasteiger partial charge in [0.25, 0.3) is 0 Å². The molecule has 0 aliphatic rings. The molecule has 0 radical (unpaired) electrons. The number of hydrogen-bond donors (Lipinski definition) is 0. The summed E-state index contributed by atoms with van der Waals surface area (Å²) in [5.74, 6) is 0. The summed E-state index contributed by atoms with van der Waals surface area (Å²) in [5.41, 5.74) is 0.949. The van der Waals surface area contributed by atoms with Crippen LogP contribution in [0.15, 0.2) is 59.8 Å². The van der Waals surface area contributed by atoms with Crippen molar-refractivity contribution in [3.63, 3.8) is 0 Å². The highest BCUT2D eigenvalue weighted by atomic mass is 32.2. The molecule has 4 nitrogen and oxygen atoms in total. The molecule has 5 heteroatoms. The fraction of sp³-hybridized carbons (Fsp3) is 0.154. The smallest absolute Gasteiger partial charge is 0.220 e. The number of benzene rings is 1. The zero-order valence-electron chi connectivity index (χ0n) is 9.60. The quantitative estimate of drug-likeness (QED) is 0.470. The molecule has 0 bridgehead atoms. The van der Waals surface area contributed by atoms with Crippen molar-refractivity contribution in [2.24, 2.45) is 0 Å². The maximum atomic E-state index is 10.7. The molecule has 0 N–H and O–H groups in total. The van der Waals surface area contributed by atoms with Crippen LogP contribution in [0.3, 0.4) is 0 Å². The molecule has 2 aromatic rings. The summed E-state index contributed by atoms with van der Waals surface area (Å²) < 4.78 is 0. The Hall–Kier alpha value is -1.88. The average molecular weight is 260 g/mol. The Labute approximate surface area is 109 Å². The second-order valence-corrected chi connectivity index (χ2v) is 4.92. The fourth-order valence-corrected chi connectivity index (χ4v) is 2.64. The van der Waals surface area contributed by atoms with Gasteiger partial charge in [-0.1, -0.05) is 48.2 Å². The lowest BCUT2D eigenvalue weighted by Crippen LogP contribution is -2.09. The molecule has 18 heavy (non-hydrogen) atoms.